The Kier molecular flexibility index (Phi) is 5.17. The number of nitrogens with zero attached hydrogens (tertiary/aromatic N) is 4. The Morgan fingerprint density at radius 2 is 2.00 bits per heavy atom. The van der Waals surface area contributed by atoms with Crippen LogP contribution in [0.5, 0.6) is 5.75 Å². The van der Waals surface area contributed by atoms with E-state index in [1.807, 2.05) is 53.2 Å². The van der Waals surface area contributed by atoms with Crippen LogP contribution in [-0.4, -0.2) is 32.4 Å². The zero-order valence-electron chi connectivity index (χ0n) is 17.0. The van der Waals surface area contributed by atoms with Crippen molar-refractivity contribution in [3.05, 3.63) is 95.4 Å². The number of rotatable bonds is 6. The highest BCUT2D eigenvalue weighted by atomic mass is 35.5. The number of oxazole rings is 1. The van der Waals surface area contributed by atoms with Gasteiger partial charge < -0.3 is 13.7 Å². The summed E-state index contributed by atoms with van der Waals surface area (Å²) in [6, 6.07) is 15.0. The Hall–Kier alpha value is -3.97. The molecule has 0 N–H and O–H groups in total. The summed E-state index contributed by atoms with van der Waals surface area (Å²) < 4.78 is 12.9. The van der Waals surface area contributed by atoms with Crippen molar-refractivity contribution in [3.63, 3.8) is 0 Å². The van der Waals surface area contributed by atoms with Gasteiger partial charge in [0.25, 0.3) is 0 Å². The number of carbonyl (C=O) groups is 1. The molecule has 3 aromatic heterocycles. The van der Waals surface area contributed by atoms with Crippen LogP contribution in [0.25, 0.3) is 22.5 Å². The lowest BCUT2D eigenvalue weighted by Gasteiger charge is -2.06. The van der Waals surface area contributed by atoms with Crippen molar-refractivity contribution in [1.82, 2.24) is 19.5 Å². The molecule has 0 aliphatic carbocycles. The van der Waals surface area contributed by atoms with E-state index in [4.69, 9.17) is 20.8 Å². The molecule has 0 saturated heterocycles. The van der Waals surface area contributed by atoms with Gasteiger partial charge in [-0.15, -0.1) is 0 Å². The molecule has 32 heavy (non-hydrogen) atoms. The van der Waals surface area contributed by atoms with E-state index in [-0.39, 0.29) is 17.4 Å². The summed E-state index contributed by atoms with van der Waals surface area (Å²) >= 11 is 6.01. The van der Waals surface area contributed by atoms with E-state index in [1.54, 1.807) is 19.4 Å². The van der Waals surface area contributed by atoms with Gasteiger partial charge in [-0.05, 0) is 42.0 Å². The molecule has 0 fully saturated rings. The van der Waals surface area contributed by atoms with Crippen LogP contribution in [0.3, 0.4) is 0 Å². The minimum Gasteiger partial charge on any atom is -0.497 e. The number of aromatic nitrogens is 4. The molecule has 7 nitrogen and oxygen atoms in total. The molecule has 5 aromatic rings. The van der Waals surface area contributed by atoms with Gasteiger partial charge in [0.1, 0.15) is 24.0 Å². The second-order valence-corrected chi connectivity index (χ2v) is 7.58. The second-order valence-electron chi connectivity index (χ2n) is 7.14. The summed E-state index contributed by atoms with van der Waals surface area (Å²) in [5, 5.41) is 1.45. The molecule has 0 saturated carbocycles. The van der Waals surface area contributed by atoms with E-state index in [1.165, 1.54) is 12.6 Å². The number of benzene rings is 2. The average molecular weight is 445 g/mol. The zero-order chi connectivity index (χ0) is 22.1. The monoisotopic (exact) mass is 444 g/mol. The maximum Gasteiger partial charge on any atom is 0.245 e. The molecule has 0 spiro atoms. The summed E-state index contributed by atoms with van der Waals surface area (Å²) in [6.07, 6.45) is 6.17. The molecule has 3 heterocycles. The number of methoxy groups -OCH3 is 1. The van der Waals surface area contributed by atoms with E-state index in [0.717, 1.165) is 16.5 Å². The van der Waals surface area contributed by atoms with Gasteiger partial charge in [-0.3, -0.25) is 4.79 Å². The van der Waals surface area contributed by atoms with Gasteiger partial charge in [0.2, 0.25) is 11.7 Å². The summed E-state index contributed by atoms with van der Waals surface area (Å²) in [6.45, 7) is 0.582. The Morgan fingerprint density at radius 1 is 1.16 bits per heavy atom. The molecule has 0 bridgehead atoms. The van der Waals surface area contributed by atoms with E-state index < -0.39 is 0 Å². The molecule has 5 rings (SSSR count). The van der Waals surface area contributed by atoms with Crippen molar-refractivity contribution in [1.29, 1.82) is 0 Å². The predicted octanol–water partition coefficient (Wildman–Crippen LogP) is 5.03. The third kappa shape index (κ3) is 3.74. The minimum absolute atomic E-state index is 0.201. The van der Waals surface area contributed by atoms with Gasteiger partial charge in [-0.2, -0.15) is 0 Å². The zero-order valence-corrected chi connectivity index (χ0v) is 17.8. The first kappa shape index (κ1) is 20.0. The minimum atomic E-state index is -0.248. The van der Waals surface area contributed by atoms with Crippen molar-refractivity contribution < 1.29 is 13.9 Å². The lowest BCUT2D eigenvalue weighted by Crippen LogP contribution is -2.02. The number of ketones is 1. The standard InChI is InChI=1S/C24H17ClN4O3/c1-31-17-6-7-22-18(10-17)19(12-29(22)11-15-2-4-16(25)5-3-15)23(30)21-13-32-24(28-21)20-8-9-26-14-27-20/h2-10,12-14H,11H2,1H3. The molecule has 8 heteroatoms. The number of halogens is 1. The topological polar surface area (TPSA) is 83.0 Å². The van der Waals surface area contributed by atoms with E-state index in [9.17, 15) is 4.79 Å². The third-order valence-electron chi connectivity index (χ3n) is 5.14. The number of carbonyl (C=O) groups excluding carboxylic acids is 1. The number of hydrogen-bond donors (Lipinski definition) is 0. The van der Waals surface area contributed by atoms with Crippen molar-refractivity contribution in [2.24, 2.45) is 0 Å². The van der Waals surface area contributed by atoms with Gasteiger partial charge in [-0.1, -0.05) is 23.7 Å². The number of fused-ring (bicyclic) bond motifs is 1. The fraction of sp³-hybridized carbons (Fsp3) is 0.0833. The van der Waals surface area contributed by atoms with Crippen LogP contribution in [0.2, 0.25) is 5.02 Å². The Labute approximate surface area is 188 Å². The molecule has 0 atom stereocenters. The molecule has 0 aliphatic heterocycles. The molecule has 158 valence electrons. The molecule has 0 unspecified atom stereocenters. The van der Waals surface area contributed by atoms with Crippen LogP contribution < -0.4 is 4.74 Å². The fourth-order valence-electron chi connectivity index (χ4n) is 3.55. The van der Waals surface area contributed by atoms with Crippen LogP contribution in [0.4, 0.5) is 0 Å². The highest BCUT2D eigenvalue weighted by molar-refractivity contribution is 6.30. The van der Waals surface area contributed by atoms with Crippen molar-refractivity contribution in [3.8, 4) is 17.3 Å². The third-order valence-corrected chi connectivity index (χ3v) is 5.39. The van der Waals surface area contributed by atoms with Crippen LogP contribution in [0, 0.1) is 0 Å². The molecular weight excluding hydrogens is 428 g/mol. The van der Waals surface area contributed by atoms with Crippen LogP contribution in [0.1, 0.15) is 21.6 Å². The lowest BCUT2D eigenvalue weighted by atomic mass is 10.1. The van der Waals surface area contributed by atoms with Crippen molar-refractivity contribution in [2.45, 2.75) is 6.54 Å². The summed E-state index contributed by atoms with van der Waals surface area (Å²) in [5.41, 5.74) is 3.19. The van der Waals surface area contributed by atoms with Gasteiger partial charge in [0.15, 0.2) is 5.69 Å². The maximum atomic E-state index is 13.4. The Bertz CT molecular complexity index is 1410. The Balaban J connectivity index is 1.56. The number of ether oxygens (including phenoxy) is 1. The lowest BCUT2D eigenvalue weighted by molar-refractivity contribution is 0.103. The van der Waals surface area contributed by atoms with E-state index in [2.05, 4.69) is 15.0 Å². The second kappa shape index (κ2) is 8.28. The van der Waals surface area contributed by atoms with Gasteiger partial charge in [0.05, 0.1) is 7.11 Å². The van der Waals surface area contributed by atoms with Crippen LogP contribution >= 0.6 is 11.6 Å². The van der Waals surface area contributed by atoms with Gasteiger partial charge >= 0.3 is 0 Å². The van der Waals surface area contributed by atoms with Crippen molar-refractivity contribution >= 4 is 28.3 Å². The van der Waals surface area contributed by atoms with Crippen LogP contribution in [-0.2, 0) is 6.54 Å². The summed E-state index contributed by atoms with van der Waals surface area (Å²) in [7, 11) is 1.60. The van der Waals surface area contributed by atoms with Crippen LogP contribution in [0.15, 0.2) is 77.9 Å². The molecule has 2 aromatic carbocycles. The molecular formula is C24H17ClN4O3. The largest absolute Gasteiger partial charge is 0.497 e. The molecule has 0 amide bonds. The normalized spacial score (nSPS) is 11.1. The maximum absolute atomic E-state index is 13.4. The highest BCUT2D eigenvalue weighted by Gasteiger charge is 2.21. The quantitative estimate of drug-likeness (QED) is 0.342. The first-order valence-corrected chi connectivity index (χ1v) is 10.2. The number of hydrogen-bond acceptors (Lipinski definition) is 6. The first-order chi connectivity index (χ1) is 15.6. The van der Waals surface area contributed by atoms with Crippen molar-refractivity contribution in [2.75, 3.05) is 7.11 Å². The SMILES string of the molecule is COc1ccc2c(c1)c(C(=O)c1coc(-c3ccncn3)n1)cn2Cc1ccc(Cl)cc1. The highest BCUT2D eigenvalue weighted by Crippen LogP contribution is 2.29. The van der Waals surface area contributed by atoms with E-state index >= 15 is 0 Å². The molecule has 0 radical (unpaired) electrons. The smallest absolute Gasteiger partial charge is 0.245 e. The van der Waals surface area contributed by atoms with Gasteiger partial charge in [-0.25, -0.2) is 15.0 Å². The Morgan fingerprint density at radius 3 is 2.75 bits per heavy atom. The summed E-state index contributed by atoms with van der Waals surface area (Å²) in [4.78, 5) is 25.7. The average Bonchev–Trinajstić information content (AvgIpc) is 3.46. The summed E-state index contributed by atoms with van der Waals surface area (Å²) in [5.74, 6) is 0.679. The van der Waals surface area contributed by atoms with Gasteiger partial charge in [0, 0.05) is 40.4 Å². The predicted molar refractivity (Wildman–Crippen MR) is 120 cm³/mol. The molecule has 0 aliphatic rings. The first-order valence-electron chi connectivity index (χ1n) is 9.80. The van der Waals surface area contributed by atoms with E-state index in [0.29, 0.717) is 28.6 Å². The fourth-order valence-corrected chi connectivity index (χ4v) is 3.68.